The molecule has 2 rings (SSSR count). The Balaban J connectivity index is 2.08. The summed E-state index contributed by atoms with van der Waals surface area (Å²) in [4.78, 5) is 11.7. The molecule has 0 spiro atoms. The van der Waals surface area contributed by atoms with Crippen molar-refractivity contribution in [2.45, 2.75) is 33.3 Å². The zero-order chi connectivity index (χ0) is 18.6. The van der Waals surface area contributed by atoms with Crippen molar-refractivity contribution in [3.05, 3.63) is 34.9 Å². The molecule has 0 bridgehead atoms. The minimum absolute atomic E-state index is 0.291. The average molecular weight is 365 g/mol. The number of methoxy groups -OCH3 is 1. The van der Waals surface area contributed by atoms with Crippen LogP contribution < -0.4 is 15.4 Å². The second-order valence-electron chi connectivity index (χ2n) is 6.36. The van der Waals surface area contributed by atoms with E-state index in [1.807, 2.05) is 13.0 Å². The van der Waals surface area contributed by atoms with Gasteiger partial charge in [0.15, 0.2) is 11.6 Å². The number of carbonyl (C=O) groups is 1. The Morgan fingerprint density at radius 2 is 1.80 bits per heavy atom. The number of amides is 1. The van der Waals surface area contributed by atoms with Crippen molar-refractivity contribution in [2.75, 3.05) is 17.7 Å². The number of nitrogens with zero attached hydrogens (tertiary/aromatic N) is 2. The lowest BCUT2D eigenvalue weighted by atomic mass is 10.2. The molecule has 0 aliphatic heterocycles. The Morgan fingerprint density at radius 3 is 2.36 bits per heavy atom. The molecule has 2 aromatic rings. The molecule has 1 aromatic carbocycles. The van der Waals surface area contributed by atoms with Gasteiger partial charge in [-0.1, -0.05) is 11.6 Å². The molecule has 1 amide bonds. The van der Waals surface area contributed by atoms with Gasteiger partial charge in [0.25, 0.3) is 0 Å². The van der Waals surface area contributed by atoms with Gasteiger partial charge in [-0.25, -0.2) is 4.79 Å². The van der Waals surface area contributed by atoms with Gasteiger partial charge in [-0.3, -0.25) is 5.32 Å². The van der Waals surface area contributed by atoms with Crippen LogP contribution in [-0.4, -0.2) is 29.0 Å². The quantitative estimate of drug-likeness (QED) is 0.828. The standard InChI is InChI=1S/C17H21ClN4O3/c1-10-8-12(13(24-5)9-11(10)18)19-14-6-7-15(22-21-14)20-16(23)25-17(2,3)4/h6-9H,1-5H3,(H,19,21)(H,20,22,23). The second-order valence-corrected chi connectivity index (χ2v) is 6.76. The number of halogens is 1. The van der Waals surface area contributed by atoms with E-state index in [9.17, 15) is 4.79 Å². The third kappa shape index (κ3) is 5.49. The fourth-order valence-electron chi connectivity index (χ4n) is 1.94. The third-order valence-corrected chi connectivity index (χ3v) is 3.44. The second kappa shape index (κ2) is 7.57. The summed E-state index contributed by atoms with van der Waals surface area (Å²) in [5, 5.41) is 14.2. The van der Waals surface area contributed by atoms with Crippen LogP contribution >= 0.6 is 11.6 Å². The third-order valence-electron chi connectivity index (χ3n) is 3.04. The smallest absolute Gasteiger partial charge is 0.413 e. The summed E-state index contributed by atoms with van der Waals surface area (Å²) in [6.45, 7) is 7.25. The van der Waals surface area contributed by atoms with E-state index in [4.69, 9.17) is 21.1 Å². The summed E-state index contributed by atoms with van der Waals surface area (Å²) in [6.07, 6.45) is -0.586. The Kier molecular flexibility index (Phi) is 5.69. The van der Waals surface area contributed by atoms with Gasteiger partial charge in [0, 0.05) is 11.1 Å². The number of hydrogen-bond acceptors (Lipinski definition) is 6. The number of aryl methyl sites for hydroxylation is 1. The molecule has 0 aliphatic carbocycles. The van der Waals surface area contributed by atoms with Crippen LogP contribution in [0.3, 0.4) is 0 Å². The van der Waals surface area contributed by atoms with Gasteiger partial charge in [0.2, 0.25) is 0 Å². The molecule has 0 saturated carbocycles. The molecule has 7 nitrogen and oxygen atoms in total. The van der Waals surface area contributed by atoms with E-state index in [0.717, 1.165) is 5.56 Å². The summed E-state index contributed by atoms with van der Waals surface area (Å²) in [5.41, 5.74) is 1.04. The average Bonchev–Trinajstić information content (AvgIpc) is 2.50. The maximum Gasteiger partial charge on any atom is 0.413 e. The normalized spacial score (nSPS) is 11.0. The van der Waals surface area contributed by atoms with Crippen molar-refractivity contribution in [1.82, 2.24) is 10.2 Å². The molecule has 0 saturated heterocycles. The molecule has 134 valence electrons. The van der Waals surface area contributed by atoms with Gasteiger partial charge in [-0.2, -0.15) is 0 Å². The summed E-state index contributed by atoms with van der Waals surface area (Å²) >= 11 is 6.09. The van der Waals surface area contributed by atoms with E-state index in [2.05, 4.69) is 20.8 Å². The summed E-state index contributed by atoms with van der Waals surface area (Å²) in [5.74, 6) is 1.38. The van der Waals surface area contributed by atoms with Crippen molar-refractivity contribution in [3.63, 3.8) is 0 Å². The van der Waals surface area contributed by atoms with Gasteiger partial charge >= 0.3 is 6.09 Å². The first kappa shape index (κ1) is 18.8. The Morgan fingerprint density at radius 1 is 1.16 bits per heavy atom. The number of benzene rings is 1. The topological polar surface area (TPSA) is 85.4 Å². The van der Waals surface area contributed by atoms with Crippen molar-refractivity contribution in [3.8, 4) is 5.75 Å². The van der Waals surface area contributed by atoms with Crippen LogP contribution in [0.5, 0.6) is 5.75 Å². The van der Waals surface area contributed by atoms with Crippen molar-refractivity contribution < 1.29 is 14.3 Å². The van der Waals surface area contributed by atoms with Gasteiger partial charge in [-0.15, -0.1) is 10.2 Å². The van der Waals surface area contributed by atoms with Gasteiger partial charge in [-0.05, 0) is 51.5 Å². The van der Waals surface area contributed by atoms with Gasteiger partial charge < -0.3 is 14.8 Å². The molecule has 2 N–H and O–H groups in total. The number of rotatable bonds is 4. The fraction of sp³-hybridized carbons (Fsp3) is 0.353. The maximum atomic E-state index is 11.7. The van der Waals surface area contributed by atoms with Crippen LogP contribution in [0.4, 0.5) is 22.1 Å². The number of carbonyl (C=O) groups excluding carboxylic acids is 1. The highest BCUT2D eigenvalue weighted by molar-refractivity contribution is 6.31. The van der Waals surface area contributed by atoms with Crippen LogP contribution in [0.2, 0.25) is 5.02 Å². The number of ether oxygens (including phenoxy) is 2. The summed E-state index contributed by atoms with van der Waals surface area (Å²) in [7, 11) is 1.56. The summed E-state index contributed by atoms with van der Waals surface area (Å²) in [6, 6.07) is 6.89. The number of nitrogens with one attached hydrogen (secondary N) is 2. The van der Waals surface area contributed by atoms with Crippen molar-refractivity contribution >= 4 is 35.0 Å². The Hall–Kier alpha value is -2.54. The van der Waals surface area contributed by atoms with Crippen LogP contribution in [0.25, 0.3) is 0 Å². The monoisotopic (exact) mass is 364 g/mol. The highest BCUT2D eigenvalue weighted by atomic mass is 35.5. The van der Waals surface area contributed by atoms with Crippen LogP contribution in [0.15, 0.2) is 24.3 Å². The predicted molar refractivity (Wildman–Crippen MR) is 97.9 cm³/mol. The molecule has 0 aliphatic rings. The minimum Gasteiger partial charge on any atom is -0.495 e. The van der Waals surface area contributed by atoms with Gasteiger partial charge in [0.05, 0.1) is 12.8 Å². The lowest BCUT2D eigenvalue weighted by Gasteiger charge is -2.19. The highest BCUT2D eigenvalue weighted by Gasteiger charge is 2.16. The molecule has 1 aromatic heterocycles. The van der Waals surface area contributed by atoms with E-state index in [0.29, 0.717) is 28.1 Å². The number of aromatic nitrogens is 2. The molecular formula is C17H21ClN4O3. The zero-order valence-corrected chi connectivity index (χ0v) is 15.6. The van der Waals surface area contributed by atoms with Crippen molar-refractivity contribution in [2.24, 2.45) is 0 Å². The molecule has 25 heavy (non-hydrogen) atoms. The van der Waals surface area contributed by atoms with E-state index in [-0.39, 0.29) is 0 Å². The van der Waals surface area contributed by atoms with Crippen LogP contribution in [-0.2, 0) is 4.74 Å². The predicted octanol–water partition coefficient (Wildman–Crippen LogP) is 4.54. The van der Waals surface area contributed by atoms with Crippen LogP contribution in [0.1, 0.15) is 26.3 Å². The molecule has 0 atom stereocenters. The molecule has 8 heteroatoms. The first-order chi connectivity index (χ1) is 11.7. The first-order valence-electron chi connectivity index (χ1n) is 7.63. The zero-order valence-electron chi connectivity index (χ0n) is 14.8. The van der Waals surface area contributed by atoms with E-state index in [1.165, 1.54) is 0 Å². The van der Waals surface area contributed by atoms with Crippen molar-refractivity contribution in [1.29, 1.82) is 0 Å². The highest BCUT2D eigenvalue weighted by Crippen LogP contribution is 2.32. The lowest BCUT2D eigenvalue weighted by molar-refractivity contribution is 0.0635. The SMILES string of the molecule is COc1cc(Cl)c(C)cc1Nc1ccc(NC(=O)OC(C)(C)C)nn1. The Bertz CT molecular complexity index is 758. The van der Waals surface area contributed by atoms with E-state index >= 15 is 0 Å². The minimum atomic E-state index is -0.586. The number of hydrogen-bond donors (Lipinski definition) is 2. The van der Waals surface area contributed by atoms with E-state index in [1.54, 1.807) is 46.1 Å². The molecule has 0 unspecified atom stereocenters. The Labute approximate surface area is 151 Å². The molecule has 0 radical (unpaired) electrons. The summed E-state index contributed by atoms with van der Waals surface area (Å²) < 4.78 is 10.5. The largest absolute Gasteiger partial charge is 0.495 e. The first-order valence-corrected chi connectivity index (χ1v) is 8.00. The maximum absolute atomic E-state index is 11.7. The molecular weight excluding hydrogens is 344 g/mol. The molecule has 0 fully saturated rings. The van der Waals surface area contributed by atoms with Gasteiger partial charge in [0.1, 0.15) is 11.4 Å². The lowest BCUT2D eigenvalue weighted by Crippen LogP contribution is -2.27. The number of anilines is 3. The van der Waals surface area contributed by atoms with E-state index < -0.39 is 11.7 Å². The van der Waals surface area contributed by atoms with Crippen LogP contribution in [0, 0.1) is 6.92 Å². The molecule has 1 heterocycles. The fourth-order valence-corrected chi connectivity index (χ4v) is 2.10.